The predicted octanol–water partition coefficient (Wildman–Crippen LogP) is 2.64. The molecule has 4 rings (SSSR count). The van der Waals surface area contributed by atoms with Crippen LogP contribution in [0.25, 0.3) is 17.2 Å². The molecule has 0 aliphatic heterocycles. The summed E-state index contributed by atoms with van der Waals surface area (Å²) in [6.45, 7) is 3.07. The molecule has 3 aromatic heterocycles. The summed E-state index contributed by atoms with van der Waals surface area (Å²) in [6.07, 6.45) is 2.91. The zero-order valence-corrected chi connectivity index (χ0v) is 22.3. The summed E-state index contributed by atoms with van der Waals surface area (Å²) in [5, 5.41) is 7.00. The van der Waals surface area contributed by atoms with Gasteiger partial charge in [0.25, 0.3) is 0 Å². The number of rotatable bonds is 10. The number of Topliss-reactive ketones (excluding diaryl/α,β-unsaturated/α-hetero) is 1. The van der Waals surface area contributed by atoms with Crippen LogP contribution < -0.4 is 14.2 Å². The molecule has 0 fully saturated rings. The van der Waals surface area contributed by atoms with E-state index in [4.69, 9.17) is 14.2 Å². The second-order valence-electron chi connectivity index (χ2n) is 8.25. The third-order valence-electron chi connectivity index (χ3n) is 5.76. The van der Waals surface area contributed by atoms with Gasteiger partial charge in [0, 0.05) is 18.5 Å². The van der Waals surface area contributed by atoms with Crippen LogP contribution in [0.2, 0.25) is 0 Å². The molecule has 3 heterocycles. The lowest BCUT2D eigenvalue weighted by Crippen LogP contribution is -2.30. The summed E-state index contributed by atoms with van der Waals surface area (Å²) in [6, 6.07) is 10.2. The second kappa shape index (κ2) is 10.9. The Kier molecular flexibility index (Phi) is 7.67. The number of para-hydroxylation sites is 1. The van der Waals surface area contributed by atoms with E-state index in [1.54, 1.807) is 43.3 Å². The highest BCUT2D eigenvalue weighted by Gasteiger charge is 2.34. The molecule has 12 nitrogen and oxygen atoms in total. The minimum atomic E-state index is -4.10. The zero-order valence-electron chi connectivity index (χ0n) is 21.4. The van der Waals surface area contributed by atoms with E-state index < -0.39 is 26.6 Å². The standard InChI is InChI=1S/C25H26N6O6S/c1-15-12-26-24(27-13-15)23(32)16(2)38(33,34)14-20-29-30-25(17-8-6-11-21(28-17)37-5)31(20)22-18(35-3)9-7-10-19(22)36-4/h6-13,16H,14H2,1-5H3/t16-/m0/s1. The lowest BCUT2D eigenvalue weighted by molar-refractivity contribution is 0.0981. The van der Waals surface area contributed by atoms with Crippen LogP contribution >= 0.6 is 0 Å². The smallest absolute Gasteiger partial charge is 0.217 e. The summed E-state index contributed by atoms with van der Waals surface area (Å²) < 4.78 is 44.8. The zero-order chi connectivity index (χ0) is 27.4. The highest BCUT2D eigenvalue weighted by Crippen LogP contribution is 2.36. The SMILES string of the molecule is COc1cccc(-c2nnc(CS(=O)(=O)[C@@H](C)C(=O)c3ncc(C)cn3)n2-c2c(OC)cccc2OC)n1. The van der Waals surface area contributed by atoms with Crippen LogP contribution in [-0.4, -0.2) is 70.5 Å². The Hall–Kier alpha value is -4.39. The van der Waals surface area contributed by atoms with Crippen LogP contribution in [0.15, 0.2) is 48.8 Å². The molecule has 0 aliphatic rings. The molecule has 1 aromatic carbocycles. The van der Waals surface area contributed by atoms with E-state index in [2.05, 4.69) is 25.1 Å². The molecule has 1 atom stereocenters. The minimum Gasteiger partial charge on any atom is -0.494 e. The Morgan fingerprint density at radius 1 is 0.947 bits per heavy atom. The van der Waals surface area contributed by atoms with E-state index in [0.29, 0.717) is 28.8 Å². The molecule has 198 valence electrons. The number of carbonyl (C=O) groups excluding carboxylic acids is 1. The van der Waals surface area contributed by atoms with Gasteiger partial charge < -0.3 is 14.2 Å². The van der Waals surface area contributed by atoms with Crippen LogP contribution in [0.3, 0.4) is 0 Å². The quantitative estimate of drug-likeness (QED) is 0.274. The first-order valence-electron chi connectivity index (χ1n) is 11.4. The van der Waals surface area contributed by atoms with E-state index in [-0.39, 0.29) is 17.5 Å². The predicted molar refractivity (Wildman–Crippen MR) is 137 cm³/mol. The average molecular weight is 539 g/mol. The summed E-state index contributed by atoms with van der Waals surface area (Å²) in [7, 11) is 0.333. The minimum absolute atomic E-state index is 0.0249. The highest BCUT2D eigenvalue weighted by molar-refractivity contribution is 7.92. The molecule has 0 saturated heterocycles. The fraction of sp³-hybridized carbons (Fsp3) is 0.280. The lowest BCUT2D eigenvalue weighted by Gasteiger charge is -2.18. The molecule has 4 aromatic rings. The number of nitrogens with zero attached hydrogens (tertiary/aromatic N) is 6. The normalized spacial score (nSPS) is 12.1. The number of sulfone groups is 1. The van der Waals surface area contributed by atoms with Crippen LogP contribution in [0.4, 0.5) is 0 Å². The van der Waals surface area contributed by atoms with Gasteiger partial charge in [0.05, 0.1) is 21.3 Å². The first-order valence-corrected chi connectivity index (χ1v) is 13.1. The van der Waals surface area contributed by atoms with Crippen LogP contribution in [0.5, 0.6) is 17.4 Å². The third-order valence-corrected chi connectivity index (χ3v) is 7.71. The van der Waals surface area contributed by atoms with Gasteiger partial charge >= 0.3 is 0 Å². The van der Waals surface area contributed by atoms with Gasteiger partial charge in [-0.05, 0) is 37.6 Å². The highest BCUT2D eigenvalue weighted by atomic mass is 32.2. The van der Waals surface area contributed by atoms with Crippen molar-refractivity contribution in [2.45, 2.75) is 24.9 Å². The van der Waals surface area contributed by atoms with Crippen molar-refractivity contribution in [1.29, 1.82) is 0 Å². The molecule has 0 bridgehead atoms. The Labute approximate surface area is 219 Å². The fourth-order valence-corrected chi connectivity index (χ4v) is 4.91. The maximum atomic E-state index is 13.5. The van der Waals surface area contributed by atoms with Crippen molar-refractivity contribution >= 4 is 15.6 Å². The van der Waals surface area contributed by atoms with Gasteiger partial charge in [-0.25, -0.2) is 23.4 Å². The summed E-state index contributed by atoms with van der Waals surface area (Å²) in [5.41, 5.74) is 1.48. The maximum Gasteiger partial charge on any atom is 0.217 e. The van der Waals surface area contributed by atoms with Crippen molar-refractivity contribution < 1.29 is 27.4 Å². The van der Waals surface area contributed by atoms with Crippen molar-refractivity contribution in [2.24, 2.45) is 0 Å². The number of hydrogen-bond acceptors (Lipinski definition) is 11. The van der Waals surface area contributed by atoms with Crippen LogP contribution in [0, 0.1) is 6.92 Å². The van der Waals surface area contributed by atoms with Crippen LogP contribution in [-0.2, 0) is 15.6 Å². The Bertz CT molecular complexity index is 1550. The number of aromatic nitrogens is 6. The molecule has 0 spiro atoms. The maximum absolute atomic E-state index is 13.5. The van der Waals surface area contributed by atoms with E-state index in [0.717, 1.165) is 5.56 Å². The Morgan fingerprint density at radius 2 is 1.58 bits per heavy atom. The molecule has 0 unspecified atom stereocenters. The monoisotopic (exact) mass is 538 g/mol. The average Bonchev–Trinajstić information content (AvgIpc) is 3.34. The molecule has 13 heteroatoms. The molecule has 0 N–H and O–H groups in total. The van der Waals surface area contributed by atoms with E-state index in [1.165, 1.54) is 45.2 Å². The van der Waals surface area contributed by atoms with Gasteiger partial charge in [-0.15, -0.1) is 10.2 Å². The van der Waals surface area contributed by atoms with Crippen molar-refractivity contribution in [3.05, 3.63) is 66.0 Å². The van der Waals surface area contributed by atoms with Crippen molar-refractivity contribution in [3.63, 3.8) is 0 Å². The first kappa shape index (κ1) is 26.7. The number of ether oxygens (including phenoxy) is 3. The van der Waals surface area contributed by atoms with E-state index >= 15 is 0 Å². The number of methoxy groups -OCH3 is 3. The largest absolute Gasteiger partial charge is 0.494 e. The van der Waals surface area contributed by atoms with Gasteiger partial charge in [0.1, 0.15) is 33.9 Å². The van der Waals surface area contributed by atoms with Gasteiger partial charge in [-0.2, -0.15) is 0 Å². The van der Waals surface area contributed by atoms with Gasteiger partial charge in [0.15, 0.2) is 27.3 Å². The summed E-state index contributed by atoms with van der Waals surface area (Å²) in [5.74, 6) is -0.191. The van der Waals surface area contributed by atoms with E-state index in [9.17, 15) is 13.2 Å². The third kappa shape index (κ3) is 5.18. The van der Waals surface area contributed by atoms with Crippen molar-refractivity contribution in [3.8, 4) is 34.6 Å². The van der Waals surface area contributed by atoms with Crippen LogP contribution in [0.1, 0.15) is 28.9 Å². The number of hydrogen-bond donors (Lipinski definition) is 0. The van der Waals surface area contributed by atoms with Crippen molar-refractivity contribution in [1.82, 2.24) is 29.7 Å². The molecular formula is C25H26N6O6S. The molecular weight excluding hydrogens is 512 g/mol. The van der Waals surface area contributed by atoms with Crippen molar-refractivity contribution in [2.75, 3.05) is 21.3 Å². The van der Waals surface area contributed by atoms with Gasteiger partial charge in [-0.3, -0.25) is 9.36 Å². The summed E-state index contributed by atoms with van der Waals surface area (Å²) in [4.78, 5) is 25.3. The topological polar surface area (TPSA) is 148 Å². The summed E-state index contributed by atoms with van der Waals surface area (Å²) >= 11 is 0. The van der Waals surface area contributed by atoms with Gasteiger partial charge in [-0.1, -0.05) is 12.1 Å². The number of ketones is 1. The molecule has 0 saturated carbocycles. The first-order chi connectivity index (χ1) is 18.2. The second-order valence-corrected chi connectivity index (χ2v) is 10.6. The fourth-order valence-electron chi connectivity index (χ4n) is 3.69. The van der Waals surface area contributed by atoms with E-state index in [1.807, 2.05) is 0 Å². The molecule has 0 amide bonds. The molecule has 0 radical (unpaired) electrons. The molecule has 38 heavy (non-hydrogen) atoms. The lowest BCUT2D eigenvalue weighted by atomic mass is 10.2. The molecule has 0 aliphatic carbocycles. The van der Waals surface area contributed by atoms with Gasteiger partial charge in [0.2, 0.25) is 11.7 Å². The number of carbonyl (C=O) groups is 1. The number of aryl methyl sites for hydroxylation is 1. The Balaban J connectivity index is 1.85. The Morgan fingerprint density at radius 3 is 2.18 bits per heavy atom. The number of benzene rings is 1. The number of pyridine rings is 1.